The van der Waals surface area contributed by atoms with E-state index in [-0.39, 0.29) is 6.04 Å². The topological polar surface area (TPSA) is 48.5 Å². The Bertz CT molecular complexity index is 808. The number of hydrogen-bond acceptors (Lipinski definition) is 3. The van der Waals surface area contributed by atoms with Gasteiger partial charge in [-0.15, -0.1) is 0 Å². The fourth-order valence-corrected chi connectivity index (χ4v) is 3.35. The maximum Gasteiger partial charge on any atom is 0.118 e. The van der Waals surface area contributed by atoms with Gasteiger partial charge in [-0.1, -0.05) is 30.3 Å². The molecule has 4 rings (SSSR count). The van der Waals surface area contributed by atoms with Crippen molar-refractivity contribution in [2.45, 2.75) is 12.5 Å². The summed E-state index contributed by atoms with van der Waals surface area (Å²) in [5.74, 6) is 0.820. The first-order chi connectivity index (χ1) is 10.8. The minimum absolute atomic E-state index is 0.165. The molecule has 0 bridgehead atoms. The lowest BCUT2D eigenvalue weighted by atomic mass is 9.94. The maximum atomic E-state index is 10.4. The van der Waals surface area contributed by atoms with Crippen molar-refractivity contribution < 1.29 is 9.94 Å². The average Bonchev–Trinajstić information content (AvgIpc) is 2.93. The van der Waals surface area contributed by atoms with Gasteiger partial charge in [0.1, 0.15) is 11.8 Å². The molecule has 0 aliphatic carbocycles. The van der Waals surface area contributed by atoms with Crippen LogP contribution in [0.1, 0.15) is 22.9 Å². The molecule has 112 valence electrons. The molecule has 1 aliphatic rings. The molecule has 0 saturated carbocycles. The van der Waals surface area contributed by atoms with E-state index in [9.17, 15) is 5.21 Å². The zero-order valence-corrected chi connectivity index (χ0v) is 12.4. The highest BCUT2D eigenvalue weighted by atomic mass is 16.5. The Morgan fingerprint density at radius 2 is 1.91 bits per heavy atom. The zero-order chi connectivity index (χ0) is 15.1. The van der Waals surface area contributed by atoms with Crippen molar-refractivity contribution in [3.05, 3.63) is 65.4 Å². The highest BCUT2D eigenvalue weighted by molar-refractivity contribution is 5.85. The lowest BCUT2D eigenvalue weighted by molar-refractivity contribution is -0.122. The number of fused-ring (bicyclic) bond motifs is 3. The molecule has 1 aromatic heterocycles. The van der Waals surface area contributed by atoms with E-state index in [0.717, 1.165) is 28.9 Å². The van der Waals surface area contributed by atoms with E-state index in [1.54, 1.807) is 7.11 Å². The van der Waals surface area contributed by atoms with E-state index in [2.05, 4.69) is 23.2 Å². The van der Waals surface area contributed by atoms with Crippen LogP contribution in [0.3, 0.4) is 0 Å². The van der Waals surface area contributed by atoms with Crippen LogP contribution in [-0.2, 0) is 6.42 Å². The summed E-state index contributed by atoms with van der Waals surface area (Å²) in [6, 6.07) is 16.0. The first-order valence-corrected chi connectivity index (χ1v) is 7.47. The van der Waals surface area contributed by atoms with Crippen molar-refractivity contribution in [1.29, 1.82) is 0 Å². The van der Waals surface area contributed by atoms with Crippen LogP contribution in [0.5, 0.6) is 5.75 Å². The summed E-state index contributed by atoms with van der Waals surface area (Å²) < 4.78 is 5.22. The molecule has 0 amide bonds. The largest absolute Gasteiger partial charge is 0.497 e. The number of aromatic amines is 1. The number of nitrogens with one attached hydrogen (secondary N) is 1. The maximum absolute atomic E-state index is 10.4. The van der Waals surface area contributed by atoms with Crippen LogP contribution in [0.15, 0.2) is 48.5 Å². The van der Waals surface area contributed by atoms with Gasteiger partial charge in [-0.05, 0) is 35.7 Å². The van der Waals surface area contributed by atoms with Crippen LogP contribution in [-0.4, -0.2) is 28.9 Å². The Labute approximate surface area is 128 Å². The van der Waals surface area contributed by atoms with Crippen molar-refractivity contribution in [3.63, 3.8) is 0 Å². The van der Waals surface area contributed by atoms with Crippen LogP contribution in [0.4, 0.5) is 0 Å². The highest BCUT2D eigenvalue weighted by Gasteiger charge is 2.30. The number of ether oxygens (including phenoxy) is 1. The fraction of sp³-hybridized carbons (Fsp3) is 0.222. The molecular weight excluding hydrogens is 276 g/mol. The third-order valence-electron chi connectivity index (χ3n) is 4.44. The van der Waals surface area contributed by atoms with Gasteiger partial charge in [-0.25, -0.2) is 0 Å². The molecule has 0 fully saturated rings. The smallest absolute Gasteiger partial charge is 0.118 e. The molecule has 0 unspecified atom stereocenters. The second-order valence-electron chi connectivity index (χ2n) is 5.65. The van der Waals surface area contributed by atoms with Crippen molar-refractivity contribution in [2.75, 3.05) is 13.7 Å². The Kier molecular flexibility index (Phi) is 3.13. The number of hydroxylamine groups is 2. The summed E-state index contributed by atoms with van der Waals surface area (Å²) in [5, 5.41) is 13.1. The number of nitrogens with zero attached hydrogens (tertiary/aromatic N) is 1. The Balaban J connectivity index is 1.85. The van der Waals surface area contributed by atoms with Crippen LogP contribution < -0.4 is 4.74 Å². The molecular formula is C18H18N2O2. The van der Waals surface area contributed by atoms with Gasteiger partial charge in [-0.2, -0.15) is 5.06 Å². The van der Waals surface area contributed by atoms with Gasteiger partial charge < -0.3 is 14.9 Å². The number of aromatic nitrogens is 1. The number of rotatable bonds is 2. The molecule has 0 radical (unpaired) electrons. The summed E-state index contributed by atoms with van der Waals surface area (Å²) in [4.78, 5) is 3.49. The molecule has 0 saturated heterocycles. The third kappa shape index (κ3) is 2.00. The average molecular weight is 294 g/mol. The van der Waals surface area contributed by atoms with Crippen molar-refractivity contribution in [1.82, 2.24) is 10.0 Å². The van der Waals surface area contributed by atoms with E-state index < -0.39 is 0 Å². The fourth-order valence-electron chi connectivity index (χ4n) is 3.35. The second kappa shape index (κ2) is 5.16. The van der Waals surface area contributed by atoms with E-state index >= 15 is 0 Å². The van der Waals surface area contributed by atoms with Crippen LogP contribution >= 0.6 is 0 Å². The zero-order valence-electron chi connectivity index (χ0n) is 12.4. The summed E-state index contributed by atoms with van der Waals surface area (Å²) in [6.07, 6.45) is 0.850. The first kappa shape index (κ1) is 13.4. The lowest BCUT2D eigenvalue weighted by Gasteiger charge is -2.31. The van der Waals surface area contributed by atoms with Gasteiger partial charge in [0.05, 0.1) is 7.11 Å². The molecule has 4 heteroatoms. The van der Waals surface area contributed by atoms with E-state index in [1.807, 2.05) is 30.3 Å². The molecule has 1 atom stereocenters. The standard InChI is InChI=1S/C18H18N2O2/c1-22-13-8-6-12(7-9-13)18-17-15(10-11-20(18)21)14-4-2-3-5-16(14)19-17/h2-9,18-19,21H,10-11H2,1H3/t18-/m0/s1. The molecule has 2 aromatic carbocycles. The molecule has 1 aliphatic heterocycles. The summed E-state index contributed by atoms with van der Waals surface area (Å²) in [7, 11) is 1.66. The van der Waals surface area contributed by atoms with E-state index in [0.29, 0.717) is 6.54 Å². The lowest BCUT2D eigenvalue weighted by Crippen LogP contribution is -2.33. The van der Waals surface area contributed by atoms with Gasteiger partial charge in [0.2, 0.25) is 0 Å². The predicted molar refractivity (Wildman–Crippen MR) is 85.3 cm³/mol. The third-order valence-corrected chi connectivity index (χ3v) is 4.44. The van der Waals surface area contributed by atoms with Crippen LogP contribution in [0.2, 0.25) is 0 Å². The Morgan fingerprint density at radius 3 is 2.68 bits per heavy atom. The molecule has 4 nitrogen and oxygen atoms in total. The van der Waals surface area contributed by atoms with Crippen LogP contribution in [0.25, 0.3) is 10.9 Å². The van der Waals surface area contributed by atoms with Gasteiger partial charge in [0.25, 0.3) is 0 Å². The van der Waals surface area contributed by atoms with Gasteiger partial charge in [0, 0.05) is 23.1 Å². The number of methoxy groups -OCH3 is 1. The van der Waals surface area contributed by atoms with Gasteiger partial charge in [-0.3, -0.25) is 0 Å². The highest BCUT2D eigenvalue weighted by Crippen LogP contribution is 2.37. The van der Waals surface area contributed by atoms with Crippen LogP contribution in [0, 0.1) is 0 Å². The number of benzene rings is 2. The number of H-pyrrole nitrogens is 1. The number of para-hydroxylation sites is 1. The monoisotopic (exact) mass is 294 g/mol. The molecule has 3 aromatic rings. The van der Waals surface area contributed by atoms with Crippen molar-refractivity contribution >= 4 is 10.9 Å². The van der Waals surface area contributed by atoms with Crippen molar-refractivity contribution in [2.24, 2.45) is 0 Å². The summed E-state index contributed by atoms with van der Waals surface area (Å²) in [6.45, 7) is 0.630. The van der Waals surface area contributed by atoms with Crippen molar-refractivity contribution in [3.8, 4) is 5.75 Å². The molecule has 2 N–H and O–H groups in total. The summed E-state index contributed by atoms with van der Waals surface area (Å²) in [5.41, 5.74) is 4.57. The van der Waals surface area contributed by atoms with Gasteiger partial charge >= 0.3 is 0 Å². The molecule has 2 heterocycles. The predicted octanol–water partition coefficient (Wildman–Crippen LogP) is 3.51. The quantitative estimate of drug-likeness (QED) is 0.760. The number of hydrogen-bond donors (Lipinski definition) is 2. The SMILES string of the molecule is COc1ccc([C@H]2c3[nH]c4ccccc4c3CCN2O)cc1. The molecule has 0 spiro atoms. The minimum Gasteiger partial charge on any atom is -0.497 e. The van der Waals surface area contributed by atoms with E-state index in [4.69, 9.17) is 4.74 Å². The summed E-state index contributed by atoms with van der Waals surface area (Å²) >= 11 is 0. The Morgan fingerprint density at radius 1 is 1.14 bits per heavy atom. The normalized spacial score (nSPS) is 18.4. The molecule has 22 heavy (non-hydrogen) atoms. The van der Waals surface area contributed by atoms with Gasteiger partial charge in [0.15, 0.2) is 0 Å². The first-order valence-electron chi connectivity index (χ1n) is 7.47. The second-order valence-corrected chi connectivity index (χ2v) is 5.65. The Hall–Kier alpha value is -2.30. The minimum atomic E-state index is -0.165. The van der Waals surface area contributed by atoms with E-state index in [1.165, 1.54) is 16.0 Å².